The minimum atomic E-state index is 0. The highest BCUT2D eigenvalue weighted by Crippen LogP contribution is 2.42. The lowest BCUT2D eigenvalue weighted by Crippen LogP contribution is -2.25. The van der Waals surface area contributed by atoms with Crippen LogP contribution in [0.1, 0.15) is 48.2 Å². The number of allylic oxidation sites excluding steroid dienone is 1. The molecule has 2 nitrogen and oxygen atoms in total. The average molecular weight is 283 g/mol. The highest BCUT2D eigenvalue weighted by atomic mass is 35.5. The third kappa shape index (κ3) is 2.10. The van der Waals surface area contributed by atoms with Gasteiger partial charge in [0.25, 0.3) is 0 Å². The smallest absolute Gasteiger partial charge is 0.109 e. The monoisotopic (exact) mass is 282 g/mol. The zero-order valence-electron chi connectivity index (χ0n) is 11.0. The van der Waals surface area contributed by atoms with Crippen molar-refractivity contribution in [3.8, 4) is 0 Å². The predicted molar refractivity (Wildman–Crippen MR) is 80.9 cm³/mol. The van der Waals surface area contributed by atoms with Gasteiger partial charge in [-0.3, -0.25) is 4.99 Å². The molecule has 1 atom stereocenters. The zero-order valence-corrected chi connectivity index (χ0v) is 12.7. The first-order valence-corrected chi connectivity index (χ1v) is 7.12. The van der Waals surface area contributed by atoms with Gasteiger partial charge in [-0.2, -0.15) is 0 Å². The number of thiophene rings is 1. The molecule has 1 aliphatic carbocycles. The van der Waals surface area contributed by atoms with Gasteiger partial charge in [0, 0.05) is 10.6 Å². The van der Waals surface area contributed by atoms with Crippen molar-refractivity contribution in [2.24, 2.45) is 4.99 Å². The van der Waals surface area contributed by atoms with Gasteiger partial charge in [-0.25, -0.2) is 0 Å². The van der Waals surface area contributed by atoms with Gasteiger partial charge in [0.2, 0.25) is 0 Å². The Morgan fingerprint density at radius 2 is 2.06 bits per heavy atom. The normalized spacial score (nSPS) is 22.2. The summed E-state index contributed by atoms with van der Waals surface area (Å²) in [6.07, 6.45) is 3.68. The lowest BCUT2D eigenvalue weighted by Gasteiger charge is -2.23. The first-order valence-electron chi connectivity index (χ1n) is 6.24. The molecule has 1 aliphatic heterocycles. The number of nitrogens with one attached hydrogen (secondary N) is 1. The summed E-state index contributed by atoms with van der Waals surface area (Å²) in [7, 11) is 0. The second kappa shape index (κ2) is 5.06. The number of amidine groups is 1. The third-order valence-electron chi connectivity index (χ3n) is 3.82. The predicted octanol–water partition coefficient (Wildman–Crippen LogP) is 4.29. The van der Waals surface area contributed by atoms with E-state index >= 15 is 0 Å². The van der Waals surface area contributed by atoms with Crippen molar-refractivity contribution in [1.29, 1.82) is 0 Å². The van der Waals surface area contributed by atoms with E-state index < -0.39 is 0 Å². The molecule has 18 heavy (non-hydrogen) atoms. The Labute approximate surface area is 119 Å². The van der Waals surface area contributed by atoms with Gasteiger partial charge in [-0.05, 0) is 62.1 Å². The quantitative estimate of drug-likeness (QED) is 0.816. The van der Waals surface area contributed by atoms with Crippen molar-refractivity contribution in [3.63, 3.8) is 0 Å². The molecule has 4 heteroatoms. The molecule has 1 aromatic heterocycles. The van der Waals surface area contributed by atoms with Gasteiger partial charge >= 0.3 is 0 Å². The van der Waals surface area contributed by atoms with E-state index in [0.717, 1.165) is 5.84 Å². The molecule has 0 bridgehead atoms. The number of halogens is 1. The fourth-order valence-electron chi connectivity index (χ4n) is 2.74. The molecule has 0 saturated heterocycles. The highest BCUT2D eigenvalue weighted by Gasteiger charge is 2.29. The van der Waals surface area contributed by atoms with Crippen molar-refractivity contribution in [2.75, 3.05) is 0 Å². The van der Waals surface area contributed by atoms with Crippen molar-refractivity contribution >= 4 is 29.6 Å². The molecule has 0 aromatic carbocycles. The molecule has 0 radical (unpaired) electrons. The van der Waals surface area contributed by atoms with Gasteiger partial charge < -0.3 is 5.32 Å². The lowest BCUT2D eigenvalue weighted by atomic mass is 9.99. The second-order valence-corrected chi connectivity index (χ2v) is 5.92. The minimum Gasteiger partial charge on any atom is -0.348 e. The number of rotatable bonds is 1. The van der Waals surface area contributed by atoms with Crippen LogP contribution in [0.25, 0.3) is 0 Å². The number of hydrogen-bond acceptors (Lipinski definition) is 3. The van der Waals surface area contributed by atoms with E-state index in [-0.39, 0.29) is 12.4 Å². The Balaban J connectivity index is 0.00000120. The summed E-state index contributed by atoms with van der Waals surface area (Å²) in [5.74, 6) is 1.07. The molecule has 1 aromatic rings. The molecule has 0 amide bonds. The summed E-state index contributed by atoms with van der Waals surface area (Å²) in [4.78, 5) is 6.27. The Bertz CT molecular complexity index is 528. The number of nitrogens with zero attached hydrogens (tertiary/aromatic N) is 1. The van der Waals surface area contributed by atoms with E-state index in [0.29, 0.717) is 6.04 Å². The largest absolute Gasteiger partial charge is 0.348 e. The summed E-state index contributed by atoms with van der Waals surface area (Å²) in [5.41, 5.74) is 5.79. The van der Waals surface area contributed by atoms with Crippen LogP contribution >= 0.6 is 23.7 Å². The Morgan fingerprint density at radius 3 is 2.72 bits per heavy atom. The van der Waals surface area contributed by atoms with Crippen molar-refractivity contribution in [1.82, 2.24) is 5.32 Å². The molecule has 0 spiro atoms. The first-order chi connectivity index (χ1) is 8.16. The van der Waals surface area contributed by atoms with Crippen LogP contribution in [0.2, 0.25) is 0 Å². The van der Waals surface area contributed by atoms with Crippen LogP contribution in [0.4, 0.5) is 0 Å². The van der Waals surface area contributed by atoms with E-state index in [4.69, 9.17) is 4.99 Å². The van der Waals surface area contributed by atoms with E-state index in [2.05, 4.69) is 31.5 Å². The maximum atomic E-state index is 4.83. The highest BCUT2D eigenvalue weighted by molar-refractivity contribution is 7.10. The molecule has 0 fully saturated rings. The van der Waals surface area contributed by atoms with E-state index in [1.165, 1.54) is 46.5 Å². The van der Waals surface area contributed by atoms with Crippen LogP contribution in [-0.4, -0.2) is 5.84 Å². The maximum absolute atomic E-state index is 4.83. The SMILES string of the molecule is CC1=NC(c2scc(C)c2C)C2=C(CCC2)N1.Cl. The van der Waals surface area contributed by atoms with Crippen LogP contribution in [0.15, 0.2) is 21.6 Å². The van der Waals surface area contributed by atoms with E-state index in [9.17, 15) is 0 Å². The standard InChI is InChI=1S/C14H18N2S.ClH/c1-8-7-17-14(9(8)2)13-11-5-4-6-12(11)15-10(3)16-13;/h7,13H,4-6H2,1-3H3,(H,15,16);1H. The van der Waals surface area contributed by atoms with E-state index in [1.807, 2.05) is 11.3 Å². The zero-order chi connectivity index (χ0) is 12.0. The van der Waals surface area contributed by atoms with Crippen LogP contribution in [0.5, 0.6) is 0 Å². The summed E-state index contributed by atoms with van der Waals surface area (Å²) in [5, 5.41) is 5.70. The third-order valence-corrected chi connectivity index (χ3v) is 5.07. The number of aliphatic imine (C=N–C) groups is 1. The molecular weight excluding hydrogens is 264 g/mol. The van der Waals surface area contributed by atoms with E-state index in [1.54, 1.807) is 0 Å². The minimum absolute atomic E-state index is 0. The van der Waals surface area contributed by atoms with Crippen LogP contribution in [0, 0.1) is 13.8 Å². The van der Waals surface area contributed by atoms with Crippen LogP contribution in [0.3, 0.4) is 0 Å². The molecule has 2 heterocycles. The lowest BCUT2D eigenvalue weighted by molar-refractivity contribution is 0.775. The fraction of sp³-hybridized carbons (Fsp3) is 0.500. The second-order valence-electron chi connectivity index (χ2n) is 5.01. The maximum Gasteiger partial charge on any atom is 0.109 e. The summed E-state index contributed by atoms with van der Waals surface area (Å²) in [6, 6.07) is 0.299. The summed E-state index contributed by atoms with van der Waals surface area (Å²) >= 11 is 1.86. The molecule has 3 rings (SSSR count). The first kappa shape index (κ1) is 13.6. The van der Waals surface area contributed by atoms with Crippen molar-refractivity contribution in [3.05, 3.63) is 32.7 Å². The molecule has 98 valence electrons. The van der Waals surface area contributed by atoms with Gasteiger partial charge in [-0.1, -0.05) is 0 Å². The van der Waals surface area contributed by atoms with Gasteiger partial charge in [0.1, 0.15) is 6.04 Å². The number of hydrogen-bond donors (Lipinski definition) is 1. The van der Waals surface area contributed by atoms with Crippen molar-refractivity contribution in [2.45, 2.75) is 46.1 Å². The number of aryl methyl sites for hydroxylation is 1. The molecule has 0 saturated carbocycles. The Hall–Kier alpha value is -0.800. The molecular formula is C14H19ClN2S. The van der Waals surface area contributed by atoms with Gasteiger partial charge in [-0.15, -0.1) is 23.7 Å². The molecule has 1 unspecified atom stereocenters. The Morgan fingerprint density at radius 1 is 1.28 bits per heavy atom. The molecule has 2 aliphatic rings. The summed E-state index contributed by atoms with van der Waals surface area (Å²) in [6.45, 7) is 6.49. The summed E-state index contributed by atoms with van der Waals surface area (Å²) < 4.78 is 0. The van der Waals surface area contributed by atoms with Gasteiger partial charge in [0.15, 0.2) is 0 Å². The fourth-order valence-corrected chi connectivity index (χ4v) is 3.89. The topological polar surface area (TPSA) is 24.4 Å². The van der Waals surface area contributed by atoms with Gasteiger partial charge in [0.05, 0.1) is 5.84 Å². The van der Waals surface area contributed by atoms with Crippen LogP contribution < -0.4 is 5.32 Å². The van der Waals surface area contributed by atoms with Crippen LogP contribution in [-0.2, 0) is 0 Å². The Kier molecular flexibility index (Phi) is 3.83. The average Bonchev–Trinajstić information content (AvgIpc) is 2.87. The molecule has 1 N–H and O–H groups in total. The van der Waals surface area contributed by atoms with Crippen molar-refractivity contribution < 1.29 is 0 Å².